The highest BCUT2D eigenvalue weighted by atomic mass is 32.2. The van der Waals surface area contributed by atoms with Gasteiger partial charge in [-0.1, -0.05) is 66.7 Å². The highest BCUT2D eigenvalue weighted by Gasteiger charge is 2.34. The number of carbonyl (C=O) groups excluding carboxylic acids is 1. The number of nitrogens with zero attached hydrogens (tertiary/aromatic N) is 1. The van der Waals surface area contributed by atoms with Crippen molar-refractivity contribution in [2.75, 3.05) is 13.1 Å². The highest BCUT2D eigenvalue weighted by Crippen LogP contribution is 2.28. The average Bonchev–Trinajstić information content (AvgIpc) is 3.34. The van der Waals surface area contributed by atoms with Crippen LogP contribution in [0.25, 0.3) is 0 Å². The van der Waals surface area contributed by atoms with Crippen molar-refractivity contribution < 1.29 is 13.2 Å². The molecule has 0 saturated carbocycles. The van der Waals surface area contributed by atoms with Gasteiger partial charge in [0, 0.05) is 13.1 Å². The number of piperidine rings is 1. The van der Waals surface area contributed by atoms with Crippen molar-refractivity contribution in [1.29, 1.82) is 0 Å². The number of rotatable bonds is 6. The van der Waals surface area contributed by atoms with Crippen LogP contribution >= 0.6 is 11.3 Å². The van der Waals surface area contributed by atoms with Crippen molar-refractivity contribution >= 4 is 27.3 Å². The van der Waals surface area contributed by atoms with Crippen LogP contribution in [0.2, 0.25) is 0 Å². The van der Waals surface area contributed by atoms with Crippen molar-refractivity contribution in [3.8, 4) is 0 Å². The molecule has 5 nitrogen and oxygen atoms in total. The van der Waals surface area contributed by atoms with Gasteiger partial charge in [-0.3, -0.25) is 4.79 Å². The predicted octanol–water partition coefficient (Wildman–Crippen LogP) is 4.05. The van der Waals surface area contributed by atoms with Crippen molar-refractivity contribution in [2.24, 2.45) is 5.92 Å². The molecule has 0 bridgehead atoms. The molecule has 156 valence electrons. The molecular formula is C23H24N2O3S2. The Morgan fingerprint density at radius 2 is 1.60 bits per heavy atom. The van der Waals surface area contributed by atoms with E-state index < -0.39 is 10.0 Å². The molecule has 0 radical (unpaired) electrons. The second-order valence-corrected chi connectivity index (χ2v) is 10.5. The first-order chi connectivity index (χ1) is 14.6. The molecule has 1 aliphatic heterocycles. The Bertz CT molecular complexity index is 1030. The van der Waals surface area contributed by atoms with Crippen LogP contribution in [0, 0.1) is 5.92 Å². The summed E-state index contributed by atoms with van der Waals surface area (Å²) in [5.41, 5.74) is 1.99. The molecule has 2 aromatic carbocycles. The van der Waals surface area contributed by atoms with Crippen LogP contribution in [0.1, 0.15) is 30.0 Å². The van der Waals surface area contributed by atoms with Gasteiger partial charge in [-0.15, -0.1) is 11.3 Å². The molecule has 1 saturated heterocycles. The molecule has 1 N–H and O–H groups in total. The molecule has 0 aliphatic carbocycles. The molecule has 4 rings (SSSR count). The molecule has 1 aliphatic rings. The van der Waals surface area contributed by atoms with E-state index in [1.807, 2.05) is 60.7 Å². The lowest BCUT2D eigenvalue weighted by atomic mass is 9.95. The van der Waals surface area contributed by atoms with E-state index in [1.54, 1.807) is 17.5 Å². The van der Waals surface area contributed by atoms with E-state index in [4.69, 9.17) is 0 Å². The SMILES string of the molecule is O=C(NC(c1ccccc1)c1ccccc1)C1CCCN(S(=O)(=O)c2cccs2)C1. The fourth-order valence-corrected chi connectivity index (χ4v) is 6.49. The van der Waals surface area contributed by atoms with Gasteiger partial charge < -0.3 is 5.32 Å². The zero-order valence-electron chi connectivity index (χ0n) is 16.5. The Balaban J connectivity index is 1.53. The number of hydrogen-bond acceptors (Lipinski definition) is 4. The number of nitrogens with one attached hydrogen (secondary N) is 1. The molecule has 1 unspecified atom stereocenters. The van der Waals surface area contributed by atoms with Gasteiger partial charge in [-0.25, -0.2) is 8.42 Å². The van der Waals surface area contributed by atoms with Gasteiger partial charge in [-0.05, 0) is 35.4 Å². The smallest absolute Gasteiger partial charge is 0.252 e. The maximum atomic E-state index is 13.2. The van der Waals surface area contributed by atoms with Crippen LogP contribution in [-0.2, 0) is 14.8 Å². The molecule has 3 aromatic rings. The lowest BCUT2D eigenvalue weighted by Crippen LogP contribution is -2.46. The number of thiophene rings is 1. The number of amides is 1. The lowest BCUT2D eigenvalue weighted by Gasteiger charge is -2.32. The van der Waals surface area contributed by atoms with Gasteiger partial charge in [0.2, 0.25) is 5.91 Å². The fourth-order valence-electron chi connectivity index (χ4n) is 3.82. The standard InChI is InChI=1S/C23H24N2O3S2/c26-23(20-13-7-15-25(17-20)30(27,28)21-14-8-16-29-21)24-22(18-9-3-1-4-10-18)19-11-5-2-6-12-19/h1-6,8-12,14,16,20,22H,7,13,15,17H2,(H,24,26). The fraction of sp³-hybridized carbons (Fsp3) is 0.261. The van der Waals surface area contributed by atoms with Crippen LogP contribution in [0.15, 0.2) is 82.4 Å². The topological polar surface area (TPSA) is 66.5 Å². The lowest BCUT2D eigenvalue weighted by molar-refractivity contribution is -0.126. The summed E-state index contributed by atoms with van der Waals surface area (Å²) in [6.07, 6.45) is 1.35. The Morgan fingerprint density at radius 1 is 0.967 bits per heavy atom. The number of sulfonamides is 1. The number of hydrogen-bond donors (Lipinski definition) is 1. The third-order valence-corrected chi connectivity index (χ3v) is 8.63. The van der Waals surface area contributed by atoms with Crippen LogP contribution in [-0.4, -0.2) is 31.7 Å². The number of carbonyl (C=O) groups is 1. The third-order valence-electron chi connectivity index (χ3n) is 5.40. The largest absolute Gasteiger partial charge is 0.345 e. The Morgan fingerprint density at radius 3 is 2.17 bits per heavy atom. The number of benzene rings is 2. The molecule has 1 atom stereocenters. The normalized spacial score (nSPS) is 17.7. The van der Waals surface area contributed by atoms with Gasteiger partial charge in [0.05, 0.1) is 12.0 Å². The van der Waals surface area contributed by atoms with Gasteiger partial charge in [0.1, 0.15) is 4.21 Å². The van der Waals surface area contributed by atoms with Crippen molar-refractivity contribution in [1.82, 2.24) is 9.62 Å². The summed E-state index contributed by atoms with van der Waals surface area (Å²) >= 11 is 1.21. The van der Waals surface area contributed by atoms with E-state index in [0.29, 0.717) is 23.6 Å². The van der Waals surface area contributed by atoms with E-state index in [9.17, 15) is 13.2 Å². The second kappa shape index (κ2) is 9.12. The van der Waals surface area contributed by atoms with Crippen molar-refractivity contribution in [3.05, 3.63) is 89.3 Å². The monoisotopic (exact) mass is 440 g/mol. The first kappa shape index (κ1) is 20.8. The Labute approximate surface area is 181 Å². The first-order valence-electron chi connectivity index (χ1n) is 9.99. The molecule has 30 heavy (non-hydrogen) atoms. The van der Waals surface area contributed by atoms with Crippen LogP contribution in [0.5, 0.6) is 0 Å². The van der Waals surface area contributed by atoms with E-state index >= 15 is 0 Å². The molecule has 1 amide bonds. The summed E-state index contributed by atoms with van der Waals surface area (Å²) in [5, 5.41) is 4.92. The summed E-state index contributed by atoms with van der Waals surface area (Å²) in [7, 11) is -3.55. The Kier molecular flexibility index (Phi) is 6.32. The van der Waals surface area contributed by atoms with E-state index in [0.717, 1.165) is 11.1 Å². The van der Waals surface area contributed by atoms with Crippen LogP contribution < -0.4 is 5.32 Å². The van der Waals surface area contributed by atoms with Crippen LogP contribution in [0.3, 0.4) is 0 Å². The highest BCUT2D eigenvalue weighted by molar-refractivity contribution is 7.91. The molecule has 1 fully saturated rings. The van der Waals surface area contributed by atoms with Gasteiger partial charge in [-0.2, -0.15) is 4.31 Å². The predicted molar refractivity (Wildman–Crippen MR) is 119 cm³/mol. The second-order valence-electron chi connectivity index (χ2n) is 7.40. The summed E-state index contributed by atoms with van der Waals surface area (Å²) in [6, 6.07) is 22.7. The molecule has 7 heteroatoms. The van der Waals surface area contributed by atoms with Gasteiger partial charge in [0.15, 0.2) is 0 Å². The zero-order valence-corrected chi connectivity index (χ0v) is 18.1. The van der Waals surface area contributed by atoms with Gasteiger partial charge in [0.25, 0.3) is 10.0 Å². The zero-order chi connectivity index (χ0) is 21.0. The first-order valence-corrected chi connectivity index (χ1v) is 12.3. The quantitative estimate of drug-likeness (QED) is 0.629. The van der Waals surface area contributed by atoms with E-state index in [2.05, 4.69) is 5.32 Å². The molecule has 0 spiro atoms. The van der Waals surface area contributed by atoms with Crippen molar-refractivity contribution in [3.63, 3.8) is 0 Å². The summed E-state index contributed by atoms with van der Waals surface area (Å²) < 4.78 is 27.6. The minimum Gasteiger partial charge on any atom is -0.345 e. The van der Waals surface area contributed by atoms with E-state index in [1.165, 1.54) is 15.6 Å². The minimum atomic E-state index is -3.55. The van der Waals surface area contributed by atoms with Crippen LogP contribution in [0.4, 0.5) is 0 Å². The average molecular weight is 441 g/mol. The maximum Gasteiger partial charge on any atom is 0.252 e. The molecule has 1 aromatic heterocycles. The van der Waals surface area contributed by atoms with Gasteiger partial charge >= 0.3 is 0 Å². The molecular weight excluding hydrogens is 416 g/mol. The Hall–Kier alpha value is -2.48. The summed E-state index contributed by atoms with van der Waals surface area (Å²) in [5.74, 6) is -0.484. The third kappa shape index (κ3) is 4.48. The van der Waals surface area contributed by atoms with Crippen molar-refractivity contribution in [2.45, 2.75) is 23.1 Å². The minimum absolute atomic E-state index is 0.112. The molecule has 2 heterocycles. The maximum absolute atomic E-state index is 13.2. The summed E-state index contributed by atoms with van der Waals surface area (Å²) in [4.78, 5) is 13.2. The van der Waals surface area contributed by atoms with E-state index in [-0.39, 0.29) is 24.4 Å². The summed E-state index contributed by atoms with van der Waals surface area (Å²) in [6.45, 7) is 0.660.